The van der Waals surface area contributed by atoms with E-state index in [0.717, 1.165) is 47.6 Å². The maximum atomic E-state index is 13.8. The van der Waals surface area contributed by atoms with Gasteiger partial charge < -0.3 is 29.0 Å². The second kappa shape index (κ2) is 14.9. The summed E-state index contributed by atoms with van der Waals surface area (Å²) in [6.07, 6.45) is 0.569. The lowest BCUT2D eigenvalue weighted by molar-refractivity contribution is -0.147. The molecule has 11 heteroatoms. The van der Waals surface area contributed by atoms with Crippen LogP contribution in [-0.2, 0) is 42.9 Å². The standard InChI is InChI=1S/C35H43N3O7S/c1-26-5-9-30(10-6-26)46(40,41)38-16-14-35(39,31-11-7-27(23-36)21-29(31)13-19-43-3)34(24-38)45-25-28-8-12-33-32(22-28)37(17-20-44-33)15-4-18-42-2/h5-12,21-22,34,39H,4,13-20,24-25H2,1-3H3/t34-,35-/m0/s1. The molecule has 0 radical (unpaired) electrons. The van der Waals surface area contributed by atoms with Gasteiger partial charge in [0.05, 0.1) is 42.0 Å². The molecule has 1 saturated heterocycles. The van der Waals surface area contributed by atoms with E-state index in [1.807, 2.05) is 25.1 Å². The average Bonchev–Trinajstić information content (AvgIpc) is 3.07. The first kappa shape index (κ1) is 33.9. The minimum atomic E-state index is -3.85. The Kier molecular flexibility index (Phi) is 11.0. The van der Waals surface area contributed by atoms with Gasteiger partial charge >= 0.3 is 0 Å². The van der Waals surface area contributed by atoms with Crippen LogP contribution >= 0.6 is 0 Å². The second-order valence-electron chi connectivity index (χ2n) is 11.9. The number of hydrogen-bond acceptors (Lipinski definition) is 9. The quantitative estimate of drug-likeness (QED) is 0.272. The molecular weight excluding hydrogens is 606 g/mol. The van der Waals surface area contributed by atoms with E-state index in [0.29, 0.717) is 37.4 Å². The maximum Gasteiger partial charge on any atom is 0.243 e. The Hall–Kier alpha value is -3.50. The largest absolute Gasteiger partial charge is 0.490 e. The molecule has 0 aliphatic carbocycles. The van der Waals surface area contributed by atoms with Crippen molar-refractivity contribution in [3.63, 3.8) is 0 Å². The fourth-order valence-electron chi connectivity index (χ4n) is 6.20. The zero-order valence-corrected chi connectivity index (χ0v) is 27.6. The van der Waals surface area contributed by atoms with Crippen LogP contribution in [0, 0.1) is 18.3 Å². The minimum Gasteiger partial charge on any atom is -0.490 e. The number of rotatable bonds is 13. The maximum absolute atomic E-state index is 13.8. The Morgan fingerprint density at radius 2 is 1.83 bits per heavy atom. The number of aliphatic hydroxyl groups is 1. The van der Waals surface area contributed by atoms with Gasteiger partial charge in [-0.25, -0.2) is 8.42 Å². The van der Waals surface area contributed by atoms with E-state index in [2.05, 4.69) is 11.0 Å². The first-order valence-electron chi connectivity index (χ1n) is 15.6. The highest BCUT2D eigenvalue weighted by atomic mass is 32.2. The Bertz CT molecular complexity index is 1640. The summed E-state index contributed by atoms with van der Waals surface area (Å²) < 4.78 is 51.9. The van der Waals surface area contributed by atoms with Crippen LogP contribution in [0.3, 0.4) is 0 Å². The van der Waals surface area contributed by atoms with Gasteiger partial charge in [0.15, 0.2) is 0 Å². The van der Waals surface area contributed by atoms with Gasteiger partial charge in [-0.3, -0.25) is 0 Å². The number of piperidine rings is 1. The first-order chi connectivity index (χ1) is 22.2. The molecule has 2 atom stereocenters. The zero-order chi connectivity index (χ0) is 32.7. The smallest absolute Gasteiger partial charge is 0.243 e. The number of nitrogens with zero attached hydrogens (tertiary/aromatic N) is 3. The van der Waals surface area contributed by atoms with Crippen molar-refractivity contribution < 1.29 is 32.5 Å². The molecule has 3 aromatic carbocycles. The SMILES string of the molecule is COCCCN1CCOc2ccc(CO[C@H]3CN(S(=O)(=O)c4ccc(C)cc4)CC[C@]3(O)c3ccc(C#N)cc3CCOC)cc21. The molecule has 0 saturated carbocycles. The van der Waals surface area contributed by atoms with Gasteiger partial charge in [-0.15, -0.1) is 0 Å². The highest BCUT2D eigenvalue weighted by Crippen LogP contribution is 2.40. The van der Waals surface area contributed by atoms with Crippen molar-refractivity contribution >= 4 is 15.7 Å². The van der Waals surface area contributed by atoms with Gasteiger partial charge in [-0.2, -0.15) is 9.57 Å². The van der Waals surface area contributed by atoms with E-state index in [1.165, 1.54) is 4.31 Å². The minimum absolute atomic E-state index is 0.0480. The van der Waals surface area contributed by atoms with Crippen LogP contribution in [0.2, 0.25) is 0 Å². The van der Waals surface area contributed by atoms with Crippen molar-refractivity contribution in [1.82, 2.24) is 4.31 Å². The Labute approximate surface area is 272 Å². The zero-order valence-electron chi connectivity index (χ0n) is 26.8. The summed E-state index contributed by atoms with van der Waals surface area (Å²) >= 11 is 0. The molecule has 246 valence electrons. The van der Waals surface area contributed by atoms with E-state index >= 15 is 0 Å². The van der Waals surface area contributed by atoms with Crippen LogP contribution in [0.4, 0.5) is 5.69 Å². The predicted molar refractivity (Wildman–Crippen MR) is 174 cm³/mol. The fraction of sp³-hybridized carbons (Fsp3) is 0.457. The number of nitriles is 1. The van der Waals surface area contributed by atoms with Crippen molar-refractivity contribution in [3.8, 4) is 11.8 Å². The topological polar surface area (TPSA) is 122 Å². The number of aryl methyl sites for hydroxylation is 1. The van der Waals surface area contributed by atoms with Crippen molar-refractivity contribution in [2.45, 2.75) is 49.4 Å². The first-order valence-corrected chi connectivity index (χ1v) is 17.1. The number of ether oxygens (including phenoxy) is 4. The lowest BCUT2D eigenvalue weighted by Crippen LogP contribution is -2.56. The van der Waals surface area contributed by atoms with Crippen LogP contribution in [0.15, 0.2) is 65.6 Å². The van der Waals surface area contributed by atoms with Crippen molar-refractivity contribution in [2.24, 2.45) is 0 Å². The molecule has 0 amide bonds. The molecule has 2 aliphatic heterocycles. The third-order valence-corrected chi connectivity index (χ3v) is 10.7. The van der Waals surface area contributed by atoms with Crippen LogP contribution in [0.1, 0.15) is 40.7 Å². The number of methoxy groups -OCH3 is 2. The summed E-state index contributed by atoms with van der Waals surface area (Å²) in [5.41, 5.74) is 3.15. The fourth-order valence-corrected chi connectivity index (χ4v) is 7.64. The molecule has 2 heterocycles. The van der Waals surface area contributed by atoms with Crippen molar-refractivity contribution in [2.75, 3.05) is 65.1 Å². The molecule has 1 N–H and O–H groups in total. The number of anilines is 1. The molecule has 0 aromatic heterocycles. The van der Waals surface area contributed by atoms with Gasteiger partial charge in [-0.05, 0) is 79.3 Å². The number of fused-ring (bicyclic) bond motifs is 1. The van der Waals surface area contributed by atoms with E-state index in [1.54, 1.807) is 56.7 Å². The van der Waals surface area contributed by atoms with E-state index in [9.17, 15) is 18.8 Å². The summed E-state index contributed by atoms with van der Waals surface area (Å²) in [7, 11) is -0.549. The molecule has 10 nitrogen and oxygen atoms in total. The van der Waals surface area contributed by atoms with Crippen molar-refractivity contribution in [1.29, 1.82) is 5.26 Å². The molecule has 0 spiro atoms. The summed E-state index contributed by atoms with van der Waals surface area (Å²) in [5.74, 6) is 0.803. The average molecular weight is 650 g/mol. The van der Waals surface area contributed by atoms with Crippen LogP contribution in [0.5, 0.6) is 5.75 Å². The van der Waals surface area contributed by atoms with E-state index in [-0.39, 0.29) is 31.0 Å². The molecule has 1 fully saturated rings. The van der Waals surface area contributed by atoms with Gasteiger partial charge in [0, 0.05) is 40.5 Å². The molecule has 0 unspecified atom stereocenters. The van der Waals surface area contributed by atoms with Gasteiger partial charge in [-0.1, -0.05) is 29.8 Å². The highest BCUT2D eigenvalue weighted by Gasteiger charge is 2.47. The van der Waals surface area contributed by atoms with Crippen LogP contribution in [-0.4, -0.2) is 84.2 Å². The van der Waals surface area contributed by atoms with Crippen LogP contribution < -0.4 is 9.64 Å². The predicted octanol–water partition coefficient (Wildman–Crippen LogP) is 4.16. The van der Waals surface area contributed by atoms with Crippen LogP contribution in [0.25, 0.3) is 0 Å². The monoisotopic (exact) mass is 649 g/mol. The van der Waals surface area contributed by atoms with Gasteiger partial charge in [0.1, 0.15) is 24.1 Å². The second-order valence-corrected chi connectivity index (χ2v) is 13.8. The van der Waals surface area contributed by atoms with Crippen molar-refractivity contribution in [3.05, 3.63) is 88.5 Å². The molecule has 46 heavy (non-hydrogen) atoms. The normalized spacial score (nSPS) is 20.2. The number of hydrogen-bond donors (Lipinski definition) is 1. The Morgan fingerprint density at radius 3 is 2.57 bits per heavy atom. The Balaban J connectivity index is 1.46. The summed E-state index contributed by atoms with van der Waals surface area (Å²) in [5, 5.41) is 22.0. The Morgan fingerprint density at radius 1 is 1.04 bits per heavy atom. The van der Waals surface area contributed by atoms with E-state index < -0.39 is 21.7 Å². The lowest BCUT2D eigenvalue weighted by atomic mass is 9.79. The summed E-state index contributed by atoms with van der Waals surface area (Å²) in [6, 6.07) is 20.1. The van der Waals surface area contributed by atoms with E-state index in [4.69, 9.17) is 18.9 Å². The third kappa shape index (κ3) is 7.39. The lowest BCUT2D eigenvalue weighted by Gasteiger charge is -2.44. The third-order valence-electron chi connectivity index (χ3n) is 8.79. The van der Waals surface area contributed by atoms with Gasteiger partial charge in [0.25, 0.3) is 0 Å². The number of sulfonamides is 1. The molecular formula is C35H43N3O7S. The summed E-state index contributed by atoms with van der Waals surface area (Å²) in [4.78, 5) is 2.47. The molecule has 0 bridgehead atoms. The van der Waals surface area contributed by atoms with Gasteiger partial charge in [0.2, 0.25) is 10.0 Å². The molecule has 2 aliphatic rings. The molecule has 3 aromatic rings. The highest BCUT2D eigenvalue weighted by molar-refractivity contribution is 7.89. The molecule has 5 rings (SSSR count). The number of benzene rings is 3. The summed E-state index contributed by atoms with van der Waals surface area (Å²) in [6.45, 7) is 5.36.